The molecule has 0 aliphatic heterocycles. The van der Waals surface area contributed by atoms with Gasteiger partial charge in [-0.15, -0.1) is 0 Å². The van der Waals surface area contributed by atoms with Gasteiger partial charge in [-0.1, -0.05) is 12.1 Å². The lowest BCUT2D eigenvalue weighted by Crippen LogP contribution is -2.35. The number of rotatable bonds is 9. The Morgan fingerprint density at radius 3 is 1.81 bits per heavy atom. The highest BCUT2D eigenvalue weighted by Crippen LogP contribution is 2.28. The minimum absolute atomic E-state index is 0.0178. The van der Waals surface area contributed by atoms with Crippen LogP contribution >= 0.6 is 0 Å². The number of ether oxygens (including phenoxy) is 4. The predicted molar refractivity (Wildman–Crippen MR) is 104 cm³/mol. The highest BCUT2D eigenvalue weighted by molar-refractivity contribution is 5.79. The first-order valence-corrected chi connectivity index (χ1v) is 8.71. The molecule has 1 N–H and O–H groups in total. The molecule has 0 saturated carbocycles. The normalized spacial score (nSPS) is 11.4. The van der Waals surface area contributed by atoms with E-state index in [-0.39, 0.29) is 18.4 Å². The van der Waals surface area contributed by atoms with Crippen LogP contribution in [-0.2, 0) is 17.6 Å². The van der Waals surface area contributed by atoms with Gasteiger partial charge in [0.25, 0.3) is 0 Å². The van der Waals surface area contributed by atoms with Crippen LogP contribution in [0.1, 0.15) is 18.1 Å². The van der Waals surface area contributed by atoms with Crippen LogP contribution < -0.4 is 24.3 Å². The second kappa shape index (κ2) is 9.71. The van der Waals surface area contributed by atoms with E-state index in [4.69, 9.17) is 18.9 Å². The molecule has 27 heavy (non-hydrogen) atoms. The first kappa shape index (κ1) is 20.4. The lowest BCUT2D eigenvalue weighted by Gasteiger charge is -2.16. The summed E-state index contributed by atoms with van der Waals surface area (Å²) in [4.78, 5) is 12.4. The van der Waals surface area contributed by atoms with Gasteiger partial charge in [-0.2, -0.15) is 0 Å². The summed E-state index contributed by atoms with van der Waals surface area (Å²) < 4.78 is 21.1. The van der Waals surface area contributed by atoms with Gasteiger partial charge in [0.1, 0.15) is 0 Å². The summed E-state index contributed by atoms with van der Waals surface area (Å²) in [5.74, 6) is 2.57. The van der Waals surface area contributed by atoms with E-state index in [2.05, 4.69) is 5.32 Å². The van der Waals surface area contributed by atoms with Gasteiger partial charge in [-0.25, -0.2) is 0 Å². The summed E-state index contributed by atoms with van der Waals surface area (Å²) >= 11 is 0. The van der Waals surface area contributed by atoms with E-state index in [1.165, 1.54) is 0 Å². The van der Waals surface area contributed by atoms with E-state index in [9.17, 15) is 4.79 Å². The molecule has 2 aromatic rings. The fourth-order valence-corrected chi connectivity index (χ4v) is 2.91. The van der Waals surface area contributed by atoms with Crippen molar-refractivity contribution in [3.8, 4) is 23.0 Å². The predicted octanol–water partition coefficient (Wildman–Crippen LogP) is 3.01. The number of hydrogen-bond acceptors (Lipinski definition) is 5. The Labute approximate surface area is 160 Å². The number of amides is 1. The third-order valence-corrected chi connectivity index (χ3v) is 4.21. The largest absolute Gasteiger partial charge is 0.493 e. The molecule has 2 aromatic carbocycles. The summed E-state index contributed by atoms with van der Waals surface area (Å²) in [7, 11) is 6.37. The Bertz CT molecular complexity index is 775. The van der Waals surface area contributed by atoms with Gasteiger partial charge in [-0.3, -0.25) is 4.79 Å². The SMILES string of the molecule is COc1ccc(CC(=O)N[C@H](C)Cc2ccc(OC)c(OC)c2)cc1OC. The lowest BCUT2D eigenvalue weighted by molar-refractivity contribution is -0.121. The summed E-state index contributed by atoms with van der Waals surface area (Å²) in [6.45, 7) is 1.98. The molecule has 0 spiro atoms. The zero-order chi connectivity index (χ0) is 19.8. The molecular weight excluding hydrogens is 346 g/mol. The molecule has 0 unspecified atom stereocenters. The molecule has 0 aromatic heterocycles. The van der Waals surface area contributed by atoms with Gasteiger partial charge in [0.05, 0.1) is 34.9 Å². The number of carbonyl (C=O) groups is 1. The van der Waals surface area contributed by atoms with Crippen LogP contribution in [0.15, 0.2) is 36.4 Å². The molecule has 1 amide bonds. The van der Waals surface area contributed by atoms with Crippen molar-refractivity contribution in [2.24, 2.45) is 0 Å². The molecule has 0 fully saturated rings. The monoisotopic (exact) mass is 373 g/mol. The Balaban J connectivity index is 1.95. The van der Waals surface area contributed by atoms with Gasteiger partial charge < -0.3 is 24.3 Å². The molecule has 0 radical (unpaired) electrons. The fourth-order valence-electron chi connectivity index (χ4n) is 2.91. The number of methoxy groups -OCH3 is 4. The zero-order valence-corrected chi connectivity index (χ0v) is 16.5. The molecule has 0 aliphatic rings. The Kier molecular flexibility index (Phi) is 7.34. The van der Waals surface area contributed by atoms with Gasteiger partial charge in [-0.05, 0) is 48.7 Å². The maximum absolute atomic E-state index is 12.4. The first-order chi connectivity index (χ1) is 13.0. The third kappa shape index (κ3) is 5.54. The molecule has 2 rings (SSSR count). The number of nitrogens with one attached hydrogen (secondary N) is 1. The van der Waals surface area contributed by atoms with Crippen LogP contribution in [0.2, 0.25) is 0 Å². The van der Waals surface area contributed by atoms with Gasteiger partial charge in [0, 0.05) is 6.04 Å². The van der Waals surface area contributed by atoms with Crippen LogP contribution in [-0.4, -0.2) is 40.4 Å². The van der Waals surface area contributed by atoms with Crippen molar-refractivity contribution in [1.29, 1.82) is 0 Å². The Hall–Kier alpha value is -2.89. The standard InChI is InChI=1S/C21H27NO5/c1-14(10-15-6-8-17(24-2)19(11-15)26-4)22-21(23)13-16-7-9-18(25-3)20(12-16)27-5/h6-9,11-12,14H,10,13H2,1-5H3,(H,22,23)/t14-/m1/s1. The van der Waals surface area contributed by atoms with E-state index >= 15 is 0 Å². The van der Waals surface area contributed by atoms with E-state index < -0.39 is 0 Å². The average molecular weight is 373 g/mol. The molecule has 0 aliphatic carbocycles. The summed E-state index contributed by atoms with van der Waals surface area (Å²) in [6.07, 6.45) is 0.967. The van der Waals surface area contributed by atoms with Crippen molar-refractivity contribution < 1.29 is 23.7 Å². The number of hydrogen-bond donors (Lipinski definition) is 1. The van der Waals surface area contributed by atoms with Gasteiger partial charge in [0.2, 0.25) is 5.91 Å². The summed E-state index contributed by atoms with van der Waals surface area (Å²) in [5, 5.41) is 3.03. The number of carbonyl (C=O) groups excluding carboxylic acids is 1. The zero-order valence-electron chi connectivity index (χ0n) is 16.5. The molecule has 6 nitrogen and oxygen atoms in total. The van der Waals surface area contributed by atoms with Crippen LogP contribution in [0.5, 0.6) is 23.0 Å². The third-order valence-electron chi connectivity index (χ3n) is 4.21. The summed E-state index contributed by atoms with van der Waals surface area (Å²) in [6, 6.07) is 11.2. The first-order valence-electron chi connectivity index (χ1n) is 8.71. The van der Waals surface area contributed by atoms with Gasteiger partial charge >= 0.3 is 0 Å². The second-order valence-corrected chi connectivity index (χ2v) is 6.23. The maximum atomic E-state index is 12.4. The quantitative estimate of drug-likeness (QED) is 0.732. The van der Waals surface area contributed by atoms with Crippen LogP contribution in [0.3, 0.4) is 0 Å². The minimum atomic E-state index is -0.0461. The number of benzene rings is 2. The Morgan fingerprint density at radius 2 is 1.30 bits per heavy atom. The average Bonchev–Trinajstić information content (AvgIpc) is 2.67. The van der Waals surface area contributed by atoms with Crippen LogP contribution in [0.4, 0.5) is 0 Å². The molecule has 0 saturated heterocycles. The van der Waals surface area contributed by atoms with Crippen molar-refractivity contribution in [2.75, 3.05) is 28.4 Å². The highest BCUT2D eigenvalue weighted by atomic mass is 16.5. The van der Waals surface area contributed by atoms with E-state index in [0.29, 0.717) is 29.4 Å². The van der Waals surface area contributed by atoms with Crippen molar-refractivity contribution in [3.05, 3.63) is 47.5 Å². The van der Waals surface area contributed by atoms with Crippen LogP contribution in [0.25, 0.3) is 0 Å². The van der Waals surface area contributed by atoms with E-state index in [0.717, 1.165) is 11.1 Å². The van der Waals surface area contributed by atoms with Crippen molar-refractivity contribution >= 4 is 5.91 Å². The van der Waals surface area contributed by atoms with Crippen molar-refractivity contribution in [3.63, 3.8) is 0 Å². The van der Waals surface area contributed by atoms with Crippen molar-refractivity contribution in [2.45, 2.75) is 25.8 Å². The van der Waals surface area contributed by atoms with Gasteiger partial charge in [0.15, 0.2) is 23.0 Å². The molecule has 146 valence electrons. The van der Waals surface area contributed by atoms with E-state index in [1.807, 2.05) is 37.3 Å². The Morgan fingerprint density at radius 1 is 0.815 bits per heavy atom. The molecule has 1 atom stereocenters. The molecule has 0 bridgehead atoms. The maximum Gasteiger partial charge on any atom is 0.224 e. The fraction of sp³-hybridized carbons (Fsp3) is 0.381. The minimum Gasteiger partial charge on any atom is -0.493 e. The molecular formula is C21H27NO5. The molecule has 0 heterocycles. The molecule has 6 heteroatoms. The topological polar surface area (TPSA) is 66.0 Å². The smallest absolute Gasteiger partial charge is 0.224 e. The summed E-state index contributed by atoms with van der Waals surface area (Å²) in [5.41, 5.74) is 1.93. The lowest BCUT2D eigenvalue weighted by atomic mass is 10.1. The van der Waals surface area contributed by atoms with Crippen molar-refractivity contribution in [1.82, 2.24) is 5.32 Å². The highest BCUT2D eigenvalue weighted by Gasteiger charge is 2.12. The van der Waals surface area contributed by atoms with E-state index in [1.54, 1.807) is 34.5 Å². The van der Waals surface area contributed by atoms with Crippen LogP contribution in [0, 0.1) is 0 Å². The second-order valence-electron chi connectivity index (χ2n) is 6.23.